The SMILES string of the molecule is O=C(Nc1ccc(Br)cc1F)c1cc2cc(Br)ccc2o1. The second-order valence-electron chi connectivity index (χ2n) is 4.37. The van der Waals surface area contributed by atoms with Gasteiger partial charge in [-0.1, -0.05) is 31.9 Å². The first kappa shape index (κ1) is 14.3. The molecule has 0 unspecified atom stereocenters. The summed E-state index contributed by atoms with van der Waals surface area (Å²) < 4.78 is 20.7. The van der Waals surface area contributed by atoms with Crippen LogP contribution in [-0.2, 0) is 0 Å². The number of benzene rings is 2. The maximum atomic E-state index is 13.7. The lowest BCUT2D eigenvalue weighted by atomic mass is 10.2. The van der Waals surface area contributed by atoms with E-state index in [4.69, 9.17) is 4.42 Å². The highest BCUT2D eigenvalue weighted by Crippen LogP contribution is 2.25. The van der Waals surface area contributed by atoms with Gasteiger partial charge in [-0.15, -0.1) is 0 Å². The zero-order valence-electron chi connectivity index (χ0n) is 10.5. The second-order valence-corrected chi connectivity index (χ2v) is 6.20. The van der Waals surface area contributed by atoms with E-state index in [9.17, 15) is 9.18 Å². The molecule has 1 heterocycles. The molecule has 0 fully saturated rings. The van der Waals surface area contributed by atoms with Crippen LogP contribution in [0.4, 0.5) is 10.1 Å². The first-order valence-electron chi connectivity index (χ1n) is 5.98. The number of fused-ring (bicyclic) bond motifs is 1. The molecular formula is C15H8Br2FNO2. The van der Waals surface area contributed by atoms with E-state index in [0.717, 1.165) is 9.86 Å². The number of nitrogens with one attached hydrogen (secondary N) is 1. The minimum atomic E-state index is -0.517. The number of hydrogen-bond acceptors (Lipinski definition) is 2. The Bertz CT molecular complexity index is 845. The van der Waals surface area contributed by atoms with E-state index in [-0.39, 0.29) is 11.4 Å². The maximum absolute atomic E-state index is 13.7. The summed E-state index contributed by atoms with van der Waals surface area (Å²) in [4.78, 5) is 12.1. The van der Waals surface area contributed by atoms with E-state index >= 15 is 0 Å². The molecule has 0 spiro atoms. The lowest BCUT2D eigenvalue weighted by Gasteiger charge is -2.04. The van der Waals surface area contributed by atoms with Gasteiger partial charge in [-0.2, -0.15) is 0 Å². The Kier molecular flexibility index (Phi) is 3.82. The first-order chi connectivity index (χ1) is 10.0. The third-order valence-corrected chi connectivity index (χ3v) is 3.87. The van der Waals surface area contributed by atoms with E-state index in [2.05, 4.69) is 37.2 Å². The molecule has 106 valence electrons. The van der Waals surface area contributed by atoms with E-state index in [1.54, 1.807) is 18.2 Å². The zero-order chi connectivity index (χ0) is 15.0. The van der Waals surface area contributed by atoms with Crippen LogP contribution < -0.4 is 5.32 Å². The molecule has 3 aromatic rings. The first-order valence-corrected chi connectivity index (χ1v) is 7.57. The van der Waals surface area contributed by atoms with Crippen LogP contribution in [0.25, 0.3) is 11.0 Å². The molecule has 2 aromatic carbocycles. The Morgan fingerprint density at radius 1 is 1.05 bits per heavy atom. The van der Waals surface area contributed by atoms with Crippen LogP contribution in [0.2, 0.25) is 0 Å². The Morgan fingerprint density at radius 3 is 2.52 bits per heavy atom. The molecule has 1 aromatic heterocycles. The average molecular weight is 413 g/mol. The Morgan fingerprint density at radius 2 is 1.76 bits per heavy atom. The summed E-state index contributed by atoms with van der Waals surface area (Å²) in [5.41, 5.74) is 0.699. The van der Waals surface area contributed by atoms with Crippen molar-refractivity contribution in [2.24, 2.45) is 0 Å². The summed E-state index contributed by atoms with van der Waals surface area (Å²) in [7, 11) is 0. The van der Waals surface area contributed by atoms with Crippen molar-refractivity contribution < 1.29 is 13.6 Å². The van der Waals surface area contributed by atoms with Crippen molar-refractivity contribution in [3.05, 3.63) is 63.0 Å². The average Bonchev–Trinajstić information content (AvgIpc) is 2.85. The van der Waals surface area contributed by atoms with E-state index in [1.165, 1.54) is 12.1 Å². The van der Waals surface area contributed by atoms with Gasteiger partial charge >= 0.3 is 0 Å². The number of amides is 1. The third-order valence-electron chi connectivity index (χ3n) is 2.88. The van der Waals surface area contributed by atoms with Gasteiger partial charge in [-0.3, -0.25) is 4.79 Å². The molecule has 3 nitrogen and oxygen atoms in total. The van der Waals surface area contributed by atoms with Crippen molar-refractivity contribution in [1.29, 1.82) is 0 Å². The summed E-state index contributed by atoms with van der Waals surface area (Å²) in [6, 6.07) is 11.5. The summed E-state index contributed by atoms with van der Waals surface area (Å²) in [6.07, 6.45) is 0. The molecule has 0 aliphatic heterocycles. The number of carbonyl (C=O) groups is 1. The van der Waals surface area contributed by atoms with Gasteiger partial charge in [-0.25, -0.2) is 4.39 Å². The van der Waals surface area contributed by atoms with Crippen LogP contribution in [0.15, 0.2) is 55.8 Å². The van der Waals surface area contributed by atoms with Gasteiger partial charge in [-0.05, 0) is 42.5 Å². The topological polar surface area (TPSA) is 42.2 Å². The zero-order valence-corrected chi connectivity index (χ0v) is 13.7. The van der Waals surface area contributed by atoms with Gasteiger partial charge in [0.05, 0.1) is 5.69 Å². The molecular weight excluding hydrogens is 405 g/mol. The molecule has 0 aliphatic rings. The van der Waals surface area contributed by atoms with Gasteiger partial charge in [0.2, 0.25) is 0 Å². The van der Waals surface area contributed by atoms with Crippen LogP contribution >= 0.6 is 31.9 Å². The summed E-state index contributed by atoms with van der Waals surface area (Å²) in [6.45, 7) is 0. The molecule has 21 heavy (non-hydrogen) atoms. The lowest BCUT2D eigenvalue weighted by Crippen LogP contribution is -2.11. The maximum Gasteiger partial charge on any atom is 0.291 e. The van der Waals surface area contributed by atoms with Gasteiger partial charge in [0.15, 0.2) is 5.76 Å². The summed E-state index contributed by atoms with van der Waals surface area (Å²) in [5.74, 6) is -0.884. The standard InChI is InChI=1S/C15H8Br2FNO2/c16-9-2-4-13-8(5-9)6-14(21-13)15(20)19-12-3-1-10(17)7-11(12)18/h1-7H,(H,19,20). The number of anilines is 1. The molecule has 1 N–H and O–H groups in total. The molecule has 0 bridgehead atoms. The fourth-order valence-corrected chi connectivity index (χ4v) is 2.61. The van der Waals surface area contributed by atoms with Crippen molar-refractivity contribution in [3.8, 4) is 0 Å². The molecule has 1 amide bonds. The largest absolute Gasteiger partial charge is 0.451 e. The molecule has 0 aliphatic carbocycles. The van der Waals surface area contributed by atoms with Crippen LogP contribution in [-0.4, -0.2) is 5.91 Å². The smallest absolute Gasteiger partial charge is 0.291 e. The van der Waals surface area contributed by atoms with Gasteiger partial charge in [0.25, 0.3) is 5.91 Å². The molecule has 3 rings (SSSR count). The monoisotopic (exact) mass is 411 g/mol. The normalized spacial score (nSPS) is 10.8. The molecule has 0 saturated carbocycles. The molecule has 0 saturated heterocycles. The van der Waals surface area contributed by atoms with Crippen molar-refractivity contribution in [2.45, 2.75) is 0 Å². The quantitative estimate of drug-likeness (QED) is 0.616. The van der Waals surface area contributed by atoms with Crippen molar-refractivity contribution in [3.63, 3.8) is 0 Å². The summed E-state index contributed by atoms with van der Waals surface area (Å²) in [5, 5.41) is 3.29. The van der Waals surface area contributed by atoms with Crippen LogP contribution in [0.3, 0.4) is 0 Å². The third kappa shape index (κ3) is 3.01. The van der Waals surface area contributed by atoms with Gasteiger partial charge in [0, 0.05) is 14.3 Å². The van der Waals surface area contributed by atoms with Crippen molar-refractivity contribution in [1.82, 2.24) is 0 Å². The van der Waals surface area contributed by atoms with E-state index in [1.807, 2.05) is 12.1 Å². The number of halogens is 3. The second kappa shape index (κ2) is 5.61. The summed E-state index contributed by atoms with van der Waals surface area (Å²) >= 11 is 6.51. The molecule has 0 radical (unpaired) electrons. The highest BCUT2D eigenvalue weighted by molar-refractivity contribution is 9.10. The number of carbonyl (C=O) groups excluding carboxylic acids is 1. The minimum Gasteiger partial charge on any atom is -0.451 e. The van der Waals surface area contributed by atoms with Gasteiger partial charge in [0.1, 0.15) is 11.4 Å². The van der Waals surface area contributed by atoms with E-state index in [0.29, 0.717) is 10.1 Å². The molecule has 0 atom stereocenters. The number of hydrogen-bond donors (Lipinski definition) is 1. The van der Waals surface area contributed by atoms with Crippen LogP contribution in [0, 0.1) is 5.82 Å². The minimum absolute atomic E-state index is 0.102. The van der Waals surface area contributed by atoms with Crippen molar-refractivity contribution in [2.75, 3.05) is 5.32 Å². The fraction of sp³-hybridized carbons (Fsp3) is 0. The van der Waals surface area contributed by atoms with Crippen LogP contribution in [0.1, 0.15) is 10.6 Å². The van der Waals surface area contributed by atoms with Gasteiger partial charge < -0.3 is 9.73 Å². The Labute approximate surface area is 136 Å². The Balaban J connectivity index is 1.89. The highest BCUT2D eigenvalue weighted by Gasteiger charge is 2.14. The Hall–Kier alpha value is -1.66. The lowest BCUT2D eigenvalue weighted by molar-refractivity contribution is 0.0998. The van der Waals surface area contributed by atoms with Crippen LogP contribution in [0.5, 0.6) is 0 Å². The number of rotatable bonds is 2. The highest BCUT2D eigenvalue weighted by atomic mass is 79.9. The molecule has 6 heteroatoms. The predicted molar refractivity (Wildman–Crippen MR) is 86.0 cm³/mol. The number of furan rings is 1. The predicted octanol–water partition coefficient (Wildman–Crippen LogP) is 5.35. The van der Waals surface area contributed by atoms with E-state index < -0.39 is 11.7 Å². The fourth-order valence-electron chi connectivity index (χ4n) is 1.90. The van der Waals surface area contributed by atoms with Crippen molar-refractivity contribution >= 4 is 54.4 Å².